The van der Waals surface area contributed by atoms with Gasteiger partial charge in [0.05, 0.1) is 25.2 Å². The SMILES string of the molecule is CC(=O)Nc1ccc(SC[C@H]2O[C@@H](c3cccc(-c4cccc(CNC(=O)CCC(=O)O)c4)c3)O[C@@H](c3ccc(CO)cc3)[C@H]2C)cc1. The van der Waals surface area contributed by atoms with Crippen LogP contribution in [-0.2, 0) is 37.0 Å². The first-order chi connectivity index (χ1) is 23.2. The fourth-order valence-corrected chi connectivity index (χ4v) is 6.63. The molecule has 0 saturated carbocycles. The number of aliphatic hydroxyl groups is 1. The quantitative estimate of drug-likeness (QED) is 0.114. The number of carbonyl (C=O) groups excluding carboxylic acids is 2. The maximum Gasteiger partial charge on any atom is 0.303 e. The zero-order valence-corrected chi connectivity index (χ0v) is 27.7. The standard InChI is InChI=1S/C38H40N2O7S/c1-24-34(23-48-33-15-13-32(14-16-33)40-25(2)42)46-38(47-37(24)28-11-9-26(22-41)10-12-28)31-8-4-7-30(20-31)29-6-3-5-27(19-29)21-39-35(43)17-18-36(44)45/h3-16,19-20,24,34,37-38,41H,17-18,21-23H2,1-2H3,(H,39,43)(H,40,42)(H,44,45)/t24-,34+,37+,38+/m0/s1. The first-order valence-electron chi connectivity index (χ1n) is 15.9. The molecule has 0 unspecified atom stereocenters. The number of carboxylic acid groups (broad SMARTS) is 1. The molecule has 0 aliphatic carbocycles. The van der Waals surface area contributed by atoms with Crippen LogP contribution in [-0.4, -0.2) is 39.9 Å². The maximum atomic E-state index is 12.1. The molecule has 250 valence electrons. The molecule has 0 aromatic heterocycles. The van der Waals surface area contributed by atoms with Crippen molar-refractivity contribution < 1.29 is 34.1 Å². The number of nitrogens with one attached hydrogen (secondary N) is 2. The van der Waals surface area contributed by atoms with Crippen LogP contribution in [0, 0.1) is 5.92 Å². The van der Waals surface area contributed by atoms with Gasteiger partial charge in [-0.3, -0.25) is 14.4 Å². The number of anilines is 1. The molecule has 0 bridgehead atoms. The van der Waals surface area contributed by atoms with E-state index in [1.165, 1.54) is 6.92 Å². The molecule has 1 fully saturated rings. The van der Waals surface area contributed by atoms with E-state index in [2.05, 4.69) is 23.6 Å². The number of carboxylic acids is 1. The minimum atomic E-state index is -1.00. The van der Waals surface area contributed by atoms with Crippen LogP contribution in [0.5, 0.6) is 0 Å². The maximum absolute atomic E-state index is 12.1. The van der Waals surface area contributed by atoms with Crippen molar-refractivity contribution >= 4 is 35.2 Å². The largest absolute Gasteiger partial charge is 0.481 e. The Kier molecular flexibility index (Phi) is 12.0. The zero-order chi connectivity index (χ0) is 34.0. The Bertz CT molecular complexity index is 1710. The minimum Gasteiger partial charge on any atom is -0.481 e. The molecule has 4 atom stereocenters. The molecule has 1 aliphatic heterocycles. The number of amides is 2. The van der Waals surface area contributed by atoms with Crippen LogP contribution < -0.4 is 10.6 Å². The van der Waals surface area contributed by atoms with Gasteiger partial charge in [-0.05, 0) is 64.2 Å². The Morgan fingerprint density at radius 3 is 2.21 bits per heavy atom. The number of thioether (sulfide) groups is 1. The highest BCUT2D eigenvalue weighted by Gasteiger charge is 2.38. The molecule has 4 aromatic carbocycles. The summed E-state index contributed by atoms with van der Waals surface area (Å²) in [7, 11) is 0. The lowest BCUT2D eigenvalue weighted by Gasteiger charge is -2.41. The van der Waals surface area contributed by atoms with Crippen molar-refractivity contribution in [2.75, 3.05) is 11.1 Å². The normalized spacial score (nSPS) is 19.0. The van der Waals surface area contributed by atoms with Crippen LogP contribution in [0.2, 0.25) is 0 Å². The number of rotatable bonds is 13. The first-order valence-corrected chi connectivity index (χ1v) is 16.9. The molecule has 1 saturated heterocycles. The number of ether oxygens (including phenoxy) is 2. The summed E-state index contributed by atoms with van der Waals surface area (Å²) in [6.45, 7) is 3.89. The number of aliphatic hydroxyl groups excluding tert-OH is 1. The van der Waals surface area contributed by atoms with E-state index in [1.807, 2.05) is 91.0 Å². The van der Waals surface area contributed by atoms with Crippen molar-refractivity contribution in [3.63, 3.8) is 0 Å². The Morgan fingerprint density at radius 2 is 1.52 bits per heavy atom. The Hall–Kier alpha value is -4.48. The van der Waals surface area contributed by atoms with Crippen LogP contribution in [0.4, 0.5) is 5.69 Å². The van der Waals surface area contributed by atoms with Gasteiger partial charge in [0.2, 0.25) is 11.8 Å². The second-order valence-electron chi connectivity index (χ2n) is 11.8. The van der Waals surface area contributed by atoms with E-state index in [-0.39, 0.29) is 49.4 Å². The fraction of sp³-hybridized carbons (Fsp3) is 0.289. The monoisotopic (exact) mass is 668 g/mol. The smallest absolute Gasteiger partial charge is 0.303 e. The Morgan fingerprint density at radius 1 is 0.812 bits per heavy atom. The molecule has 1 aliphatic rings. The predicted molar refractivity (Wildman–Crippen MR) is 185 cm³/mol. The Labute approximate surface area is 284 Å². The number of carbonyl (C=O) groups is 3. The summed E-state index contributed by atoms with van der Waals surface area (Å²) in [6.07, 6.45) is -1.30. The Balaban J connectivity index is 1.34. The van der Waals surface area contributed by atoms with Gasteiger partial charge in [-0.15, -0.1) is 11.8 Å². The van der Waals surface area contributed by atoms with E-state index in [0.717, 1.165) is 44.0 Å². The molecule has 4 aromatic rings. The molecule has 48 heavy (non-hydrogen) atoms. The second-order valence-corrected chi connectivity index (χ2v) is 12.9. The van der Waals surface area contributed by atoms with Gasteiger partial charge in [-0.2, -0.15) is 0 Å². The van der Waals surface area contributed by atoms with E-state index >= 15 is 0 Å². The average Bonchev–Trinajstić information content (AvgIpc) is 3.10. The van der Waals surface area contributed by atoms with Crippen LogP contribution in [0.15, 0.2) is 102 Å². The van der Waals surface area contributed by atoms with E-state index < -0.39 is 12.3 Å². The molecule has 1 heterocycles. The van der Waals surface area contributed by atoms with Crippen LogP contribution >= 0.6 is 11.8 Å². The molecule has 2 amide bonds. The van der Waals surface area contributed by atoms with Crippen molar-refractivity contribution in [3.05, 3.63) is 119 Å². The lowest BCUT2D eigenvalue weighted by molar-refractivity contribution is -0.268. The van der Waals surface area contributed by atoms with Crippen molar-refractivity contribution in [2.24, 2.45) is 5.92 Å². The van der Waals surface area contributed by atoms with Gasteiger partial charge in [0.15, 0.2) is 6.29 Å². The van der Waals surface area contributed by atoms with E-state index in [0.29, 0.717) is 12.3 Å². The molecule has 5 rings (SSSR count). The first kappa shape index (κ1) is 34.8. The summed E-state index contributed by atoms with van der Waals surface area (Å²) in [4.78, 5) is 35.3. The molecule has 0 radical (unpaired) electrons. The topological polar surface area (TPSA) is 134 Å². The van der Waals surface area contributed by atoms with Crippen molar-refractivity contribution in [1.82, 2.24) is 5.32 Å². The zero-order valence-electron chi connectivity index (χ0n) is 26.9. The van der Waals surface area contributed by atoms with Crippen LogP contribution in [0.1, 0.15) is 61.3 Å². The van der Waals surface area contributed by atoms with Gasteiger partial charge in [-0.25, -0.2) is 0 Å². The average molecular weight is 669 g/mol. The van der Waals surface area contributed by atoms with E-state index in [4.69, 9.17) is 14.6 Å². The third-order valence-corrected chi connectivity index (χ3v) is 9.29. The molecule has 0 spiro atoms. The fourth-order valence-electron chi connectivity index (χ4n) is 5.56. The highest BCUT2D eigenvalue weighted by atomic mass is 32.2. The van der Waals surface area contributed by atoms with Gasteiger partial charge in [0.1, 0.15) is 0 Å². The highest BCUT2D eigenvalue weighted by Crippen LogP contribution is 2.43. The van der Waals surface area contributed by atoms with Crippen molar-refractivity contribution in [2.45, 2.75) is 63.2 Å². The van der Waals surface area contributed by atoms with Gasteiger partial charge in [0, 0.05) is 47.7 Å². The van der Waals surface area contributed by atoms with Gasteiger partial charge < -0.3 is 30.3 Å². The molecular formula is C38H40N2O7S. The number of hydrogen-bond acceptors (Lipinski definition) is 7. The summed E-state index contributed by atoms with van der Waals surface area (Å²) in [6, 6.07) is 31.5. The van der Waals surface area contributed by atoms with Gasteiger partial charge >= 0.3 is 5.97 Å². The predicted octanol–water partition coefficient (Wildman–Crippen LogP) is 6.87. The summed E-state index contributed by atoms with van der Waals surface area (Å²) < 4.78 is 13.3. The molecule has 9 nitrogen and oxygen atoms in total. The number of hydrogen-bond donors (Lipinski definition) is 4. The van der Waals surface area contributed by atoms with Gasteiger partial charge in [0.25, 0.3) is 0 Å². The third-order valence-electron chi connectivity index (χ3n) is 8.19. The van der Waals surface area contributed by atoms with Crippen molar-refractivity contribution in [3.8, 4) is 11.1 Å². The second kappa shape index (κ2) is 16.6. The number of benzene rings is 4. The molecular weight excluding hydrogens is 628 g/mol. The number of aliphatic carboxylic acids is 1. The van der Waals surface area contributed by atoms with Gasteiger partial charge in [-0.1, -0.05) is 67.6 Å². The minimum absolute atomic E-state index is 0.0259. The summed E-state index contributed by atoms with van der Waals surface area (Å²) >= 11 is 1.69. The summed E-state index contributed by atoms with van der Waals surface area (Å²) in [5.41, 5.74) is 6.29. The van der Waals surface area contributed by atoms with Crippen molar-refractivity contribution in [1.29, 1.82) is 0 Å². The van der Waals surface area contributed by atoms with E-state index in [1.54, 1.807) is 11.8 Å². The summed E-state index contributed by atoms with van der Waals surface area (Å²) in [5, 5.41) is 24.0. The molecule has 10 heteroatoms. The lowest BCUT2D eigenvalue weighted by atomic mass is 9.91. The third kappa shape index (κ3) is 9.54. The lowest BCUT2D eigenvalue weighted by Crippen LogP contribution is -2.38. The highest BCUT2D eigenvalue weighted by molar-refractivity contribution is 7.99. The van der Waals surface area contributed by atoms with Crippen LogP contribution in [0.25, 0.3) is 11.1 Å². The molecule has 4 N–H and O–H groups in total. The van der Waals surface area contributed by atoms with Crippen LogP contribution in [0.3, 0.4) is 0 Å². The summed E-state index contributed by atoms with van der Waals surface area (Å²) in [5.74, 6) is -0.706. The van der Waals surface area contributed by atoms with E-state index in [9.17, 15) is 19.5 Å².